The van der Waals surface area contributed by atoms with Crippen molar-refractivity contribution in [1.82, 2.24) is 0 Å². The van der Waals surface area contributed by atoms with Crippen LogP contribution in [0.4, 0.5) is 4.39 Å². The molecule has 0 aromatic rings. The molecule has 11 heteroatoms. The lowest BCUT2D eigenvalue weighted by atomic mass is 10.3. The molecule has 0 saturated carbocycles. The second-order valence-electron chi connectivity index (χ2n) is 2.42. The zero-order valence-electron chi connectivity index (χ0n) is 8.91. The van der Waals surface area contributed by atoms with Crippen molar-refractivity contribution in [2.45, 2.75) is 0 Å². The number of hydrogen-bond donors (Lipinski definition) is 1. The number of rotatable bonds is 6. The molecule has 0 bridgehead atoms. The lowest BCUT2D eigenvalue weighted by Gasteiger charge is -2.02. The number of oxime groups is 2. The van der Waals surface area contributed by atoms with Crippen molar-refractivity contribution < 1.29 is 31.5 Å². The molecule has 0 spiro atoms. The minimum Gasteiger partial charge on any atom is -0.464 e. The van der Waals surface area contributed by atoms with E-state index in [0.717, 1.165) is 7.11 Å². The third-order valence-electron chi connectivity index (χ3n) is 1.10. The number of nitrogens with zero attached hydrogens (tertiary/aromatic N) is 2. The number of nitrogens with two attached hydrogens (primary N) is 1. The Morgan fingerprint density at radius 2 is 2.00 bits per heavy atom. The minimum absolute atomic E-state index is 0.705. The summed E-state index contributed by atoms with van der Waals surface area (Å²) in [6.07, 6.45) is 0.705. The van der Waals surface area contributed by atoms with E-state index in [0.29, 0.717) is 6.26 Å². The highest BCUT2D eigenvalue weighted by molar-refractivity contribution is 7.85. The van der Waals surface area contributed by atoms with Crippen LogP contribution in [0.5, 0.6) is 0 Å². The molecule has 0 aromatic carbocycles. The van der Waals surface area contributed by atoms with Gasteiger partial charge in [-0.3, -0.25) is 4.28 Å². The Balaban J connectivity index is 5.00. The highest BCUT2D eigenvalue weighted by Crippen LogP contribution is 1.92. The van der Waals surface area contributed by atoms with Crippen molar-refractivity contribution in [1.29, 1.82) is 0 Å². The monoisotopic (exact) mass is 271 g/mol. The van der Waals surface area contributed by atoms with Crippen LogP contribution in [-0.4, -0.2) is 46.2 Å². The van der Waals surface area contributed by atoms with Gasteiger partial charge in [0.1, 0.15) is 0 Å². The maximum absolute atomic E-state index is 11.7. The van der Waals surface area contributed by atoms with Crippen molar-refractivity contribution in [3.05, 3.63) is 0 Å². The molecule has 0 unspecified atom stereocenters. The number of esters is 1. The first-order chi connectivity index (χ1) is 7.81. The van der Waals surface area contributed by atoms with Crippen LogP contribution in [0.3, 0.4) is 0 Å². The predicted octanol–water partition coefficient (Wildman–Crippen LogP) is -1.29. The van der Waals surface area contributed by atoms with E-state index in [1.54, 1.807) is 0 Å². The van der Waals surface area contributed by atoms with Crippen molar-refractivity contribution in [3.8, 4) is 0 Å². The Kier molecular flexibility index (Phi) is 5.88. The number of hydrogen-bond acceptors (Lipinski definition) is 8. The first kappa shape index (κ1) is 15.1. The van der Waals surface area contributed by atoms with Gasteiger partial charge in [-0.15, -0.1) is 0 Å². The summed E-state index contributed by atoms with van der Waals surface area (Å²) < 4.78 is 41.0. The van der Waals surface area contributed by atoms with Gasteiger partial charge in [-0.05, 0) is 5.16 Å². The van der Waals surface area contributed by atoms with Crippen molar-refractivity contribution in [2.24, 2.45) is 16.0 Å². The molecule has 0 fully saturated rings. The third kappa shape index (κ3) is 6.29. The molecule has 98 valence electrons. The molecule has 0 aliphatic carbocycles. The Hall–Kier alpha value is -1.91. The molecule has 0 radical (unpaired) electrons. The van der Waals surface area contributed by atoms with E-state index in [1.165, 1.54) is 0 Å². The first-order valence-electron chi connectivity index (χ1n) is 3.88. The minimum atomic E-state index is -3.90. The van der Waals surface area contributed by atoms with Crippen LogP contribution in [0, 0.1) is 0 Å². The highest BCUT2D eigenvalue weighted by Gasteiger charge is 2.19. The van der Waals surface area contributed by atoms with Gasteiger partial charge in [0.25, 0.3) is 6.86 Å². The summed E-state index contributed by atoms with van der Waals surface area (Å²) in [4.78, 5) is 15.0. The second-order valence-corrected chi connectivity index (χ2v) is 3.98. The number of carbonyl (C=O) groups excluding carboxylic acids is 1. The SMILES string of the molecule is COC(=O)C(=NOCF)C(N)=NOS(C)(=O)=O. The van der Waals surface area contributed by atoms with E-state index in [9.17, 15) is 17.6 Å². The molecule has 17 heavy (non-hydrogen) atoms. The maximum Gasteiger partial charge on any atom is 0.364 e. The summed E-state index contributed by atoms with van der Waals surface area (Å²) >= 11 is 0. The smallest absolute Gasteiger partial charge is 0.364 e. The zero-order valence-corrected chi connectivity index (χ0v) is 9.73. The van der Waals surface area contributed by atoms with Gasteiger partial charge in [0.05, 0.1) is 13.4 Å². The average Bonchev–Trinajstić information content (AvgIpc) is 2.25. The van der Waals surface area contributed by atoms with Gasteiger partial charge >= 0.3 is 16.1 Å². The van der Waals surface area contributed by atoms with E-state index in [1.807, 2.05) is 0 Å². The van der Waals surface area contributed by atoms with Crippen molar-refractivity contribution in [3.63, 3.8) is 0 Å². The predicted molar refractivity (Wildman–Crippen MR) is 54.1 cm³/mol. The van der Waals surface area contributed by atoms with Gasteiger partial charge in [0.15, 0.2) is 0 Å². The molecule has 0 aliphatic heterocycles. The Bertz CT molecular complexity index is 431. The number of ether oxygens (including phenoxy) is 1. The van der Waals surface area contributed by atoms with Gasteiger partial charge in [-0.1, -0.05) is 5.16 Å². The molecular formula is C6H10FN3O6S. The Labute approximate surface area is 96.1 Å². The van der Waals surface area contributed by atoms with Crippen LogP contribution in [0.1, 0.15) is 0 Å². The summed E-state index contributed by atoms with van der Waals surface area (Å²) in [5.41, 5.74) is 4.44. The number of amidine groups is 1. The summed E-state index contributed by atoms with van der Waals surface area (Å²) in [6, 6.07) is 0. The normalized spacial score (nSPS) is 13.1. The standard InChI is InChI=1S/C6H10FN3O6S/c1-14-6(11)4(9-15-3-7)5(8)10-16-17(2,12)13/h3H2,1-2H3,(H2,8,10). The van der Waals surface area contributed by atoms with Gasteiger partial charge < -0.3 is 15.3 Å². The quantitative estimate of drug-likeness (QED) is 0.275. The summed E-state index contributed by atoms with van der Waals surface area (Å²) in [7, 11) is -2.90. The molecule has 0 rings (SSSR count). The van der Waals surface area contributed by atoms with Gasteiger partial charge in [-0.25, -0.2) is 9.18 Å². The first-order valence-corrected chi connectivity index (χ1v) is 5.70. The summed E-state index contributed by atoms with van der Waals surface area (Å²) in [5.74, 6) is -1.84. The summed E-state index contributed by atoms with van der Waals surface area (Å²) in [5, 5.41) is 5.84. The van der Waals surface area contributed by atoms with Gasteiger partial charge in [0, 0.05) is 0 Å². The van der Waals surface area contributed by atoms with E-state index in [4.69, 9.17) is 5.73 Å². The van der Waals surface area contributed by atoms with E-state index in [2.05, 4.69) is 24.2 Å². The highest BCUT2D eigenvalue weighted by atomic mass is 32.2. The van der Waals surface area contributed by atoms with Crippen LogP contribution in [0.15, 0.2) is 10.3 Å². The van der Waals surface area contributed by atoms with Crippen molar-refractivity contribution in [2.75, 3.05) is 20.2 Å². The molecule has 0 atom stereocenters. The Morgan fingerprint density at radius 1 is 1.41 bits per heavy atom. The number of halogens is 1. The van der Waals surface area contributed by atoms with Crippen LogP contribution >= 0.6 is 0 Å². The lowest BCUT2D eigenvalue weighted by molar-refractivity contribution is -0.132. The third-order valence-corrected chi connectivity index (χ3v) is 1.44. The van der Waals surface area contributed by atoms with Crippen LogP contribution in [0.2, 0.25) is 0 Å². The molecule has 0 saturated heterocycles. The molecular weight excluding hydrogens is 261 g/mol. The fourth-order valence-corrected chi connectivity index (χ4v) is 0.741. The molecule has 0 heterocycles. The number of alkyl halides is 1. The second kappa shape index (κ2) is 6.62. The fourth-order valence-electron chi connectivity index (χ4n) is 0.525. The van der Waals surface area contributed by atoms with Gasteiger partial charge in [-0.2, -0.15) is 8.42 Å². The molecule has 0 aromatic heterocycles. The van der Waals surface area contributed by atoms with E-state index >= 15 is 0 Å². The Morgan fingerprint density at radius 3 is 2.41 bits per heavy atom. The topological polar surface area (TPSA) is 130 Å². The molecule has 0 amide bonds. The van der Waals surface area contributed by atoms with Crippen LogP contribution < -0.4 is 5.73 Å². The molecule has 0 aliphatic rings. The van der Waals surface area contributed by atoms with E-state index < -0.39 is 34.5 Å². The van der Waals surface area contributed by atoms with E-state index in [-0.39, 0.29) is 0 Å². The fraction of sp³-hybridized carbons (Fsp3) is 0.500. The zero-order chi connectivity index (χ0) is 13.5. The van der Waals surface area contributed by atoms with Gasteiger partial charge in [0.2, 0.25) is 11.5 Å². The van der Waals surface area contributed by atoms with Crippen LogP contribution in [-0.2, 0) is 28.8 Å². The molecule has 2 N–H and O–H groups in total. The summed E-state index contributed by atoms with van der Waals surface area (Å²) in [6.45, 7) is -1.32. The lowest BCUT2D eigenvalue weighted by Crippen LogP contribution is -2.32. The average molecular weight is 271 g/mol. The maximum atomic E-state index is 11.7. The van der Waals surface area contributed by atoms with Crippen LogP contribution in [0.25, 0.3) is 0 Å². The number of carbonyl (C=O) groups is 1. The molecule has 9 nitrogen and oxygen atoms in total. The van der Waals surface area contributed by atoms with Crippen molar-refractivity contribution >= 4 is 27.6 Å². The largest absolute Gasteiger partial charge is 0.464 e. The number of methoxy groups -OCH3 is 1.